The second kappa shape index (κ2) is 6.64. The largest absolute Gasteiger partial charge is 0.481 e. The summed E-state index contributed by atoms with van der Waals surface area (Å²) in [6, 6.07) is 3.68. The second-order valence-electron chi connectivity index (χ2n) is 4.89. The van der Waals surface area contributed by atoms with Crippen molar-refractivity contribution >= 4 is 17.7 Å². The fourth-order valence-electron chi connectivity index (χ4n) is 1.17. The number of thioether (sulfide) groups is 1. The molecule has 18 heavy (non-hydrogen) atoms. The van der Waals surface area contributed by atoms with Gasteiger partial charge >= 0.3 is 0 Å². The lowest BCUT2D eigenvalue weighted by Gasteiger charge is -2.16. The standard InChI is InChI=1S/C13H20N2O2S/c1-13(2,3)18-9-11(16)14-7-10-5-6-12(17-4)15-8-10/h5-6,8H,7,9H2,1-4H3,(H,14,16). The first kappa shape index (κ1) is 14.8. The normalized spacial score (nSPS) is 11.1. The number of amides is 1. The molecule has 1 heterocycles. The van der Waals surface area contributed by atoms with Gasteiger partial charge in [-0.05, 0) is 5.56 Å². The lowest BCUT2D eigenvalue weighted by atomic mass is 10.3. The zero-order valence-electron chi connectivity index (χ0n) is 11.3. The third-order valence-corrected chi connectivity index (χ3v) is 3.41. The highest BCUT2D eigenvalue weighted by Crippen LogP contribution is 2.22. The highest BCUT2D eigenvalue weighted by molar-refractivity contribution is 8.01. The average Bonchev–Trinajstić information content (AvgIpc) is 2.33. The van der Waals surface area contributed by atoms with Gasteiger partial charge < -0.3 is 10.1 Å². The van der Waals surface area contributed by atoms with E-state index in [1.165, 1.54) is 0 Å². The number of rotatable bonds is 5. The minimum atomic E-state index is 0.0470. The molecule has 0 fully saturated rings. The van der Waals surface area contributed by atoms with Crippen LogP contribution < -0.4 is 10.1 Å². The molecule has 0 unspecified atom stereocenters. The molecule has 0 aliphatic carbocycles. The van der Waals surface area contributed by atoms with Crippen LogP contribution in [-0.4, -0.2) is 28.5 Å². The molecule has 100 valence electrons. The van der Waals surface area contributed by atoms with Crippen LogP contribution in [0.5, 0.6) is 5.88 Å². The van der Waals surface area contributed by atoms with Gasteiger partial charge in [0.2, 0.25) is 11.8 Å². The van der Waals surface area contributed by atoms with Crippen LogP contribution in [0.2, 0.25) is 0 Å². The maximum atomic E-state index is 11.6. The van der Waals surface area contributed by atoms with Crippen LogP contribution in [0.25, 0.3) is 0 Å². The van der Waals surface area contributed by atoms with Crippen LogP contribution in [0.15, 0.2) is 18.3 Å². The third kappa shape index (κ3) is 5.91. The molecular formula is C13H20N2O2S. The van der Waals surface area contributed by atoms with Gasteiger partial charge in [0, 0.05) is 23.6 Å². The predicted molar refractivity (Wildman–Crippen MR) is 74.8 cm³/mol. The van der Waals surface area contributed by atoms with Crippen LogP contribution in [0, 0.1) is 0 Å². The molecule has 4 nitrogen and oxygen atoms in total. The Morgan fingerprint density at radius 3 is 2.67 bits per heavy atom. The Labute approximate surface area is 113 Å². The number of ether oxygens (including phenoxy) is 1. The summed E-state index contributed by atoms with van der Waals surface area (Å²) in [7, 11) is 1.58. The number of carbonyl (C=O) groups is 1. The van der Waals surface area contributed by atoms with Crippen molar-refractivity contribution in [3.63, 3.8) is 0 Å². The van der Waals surface area contributed by atoms with Gasteiger partial charge in [0.15, 0.2) is 0 Å². The van der Waals surface area contributed by atoms with E-state index in [2.05, 4.69) is 31.1 Å². The van der Waals surface area contributed by atoms with Gasteiger partial charge in [0.05, 0.1) is 12.9 Å². The summed E-state index contributed by atoms with van der Waals surface area (Å²) in [4.78, 5) is 15.7. The average molecular weight is 268 g/mol. The summed E-state index contributed by atoms with van der Waals surface area (Å²) in [6.07, 6.45) is 1.70. The molecule has 1 amide bonds. The zero-order valence-corrected chi connectivity index (χ0v) is 12.1. The molecule has 0 atom stereocenters. The molecule has 0 saturated heterocycles. The number of carbonyl (C=O) groups excluding carboxylic acids is 1. The fraction of sp³-hybridized carbons (Fsp3) is 0.538. The van der Waals surface area contributed by atoms with E-state index in [1.54, 1.807) is 31.1 Å². The molecule has 0 aliphatic rings. The van der Waals surface area contributed by atoms with Crippen molar-refractivity contribution in [1.82, 2.24) is 10.3 Å². The molecule has 1 aromatic heterocycles. The van der Waals surface area contributed by atoms with Crippen molar-refractivity contribution in [1.29, 1.82) is 0 Å². The monoisotopic (exact) mass is 268 g/mol. The Hall–Kier alpha value is -1.23. The summed E-state index contributed by atoms with van der Waals surface area (Å²) in [6.45, 7) is 6.79. The first-order chi connectivity index (χ1) is 8.40. The molecule has 0 aromatic carbocycles. The molecule has 0 bridgehead atoms. The Morgan fingerprint density at radius 2 is 2.17 bits per heavy atom. The van der Waals surface area contributed by atoms with Gasteiger partial charge in [0.25, 0.3) is 0 Å². The number of nitrogens with one attached hydrogen (secondary N) is 1. The van der Waals surface area contributed by atoms with Crippen LogP contribution in [0.1, 0.15) is 26.3 Å². The maximum Gasteiger partial charge on any atom is 0.230 e. The lowest BCUT2D eigenvalue weighted by molar-refractivity contribution is -0.118. The van der Waals surface area contributed by atoms with E-state index < -0.39 is 0 Å². The van der Waals surface area contributed by atoms with Gasteiger partial charge in [-0.1, -0.05) is 26.8 Å². The summed E-state index contributed by atoms with van der Waals surface area (Å²) < 4.78 is 5.08. The number of pyridine rings is 1. The molecule has 5 heteroatoms. The second-order valence-corrected chi connectivity index (χ2v) is 6.69. The minimum Gasteiger partial charge on any atom is -0.481 e. The molecular weight excluding hydrogens is 248 g/mol. The number of hydrogen-bond donors (Lipinski definition) is 1. The Morgan fingerprint density at radius 1 is 1.44 bits per heavy atom. The third-order valence-electron chi connectivity index (χ3n) is 2.13. The van der Waals surface area contributed by atoms with Gasteiger partial charge in [-0.15, -0.1) is 11.8 Å². The van der Waals surface area contributed by atoms with Gasteiger partial charge in [-0.25, -0.2) is 4.98 Å². The molecule has 1 aromatic rings. The zero-order chi connectivity index (χ0) is 13.6. The smallest absolute Gasteiger partial charge is 0.230 e. The van der Waals surface area contributed by atoms with Crippen molar-refractivity contribution in [2.75, 3.05) is 12.9 Å². The number of hydrogen-bond acceptors (Lipinski definition) is 4. The van der Waals surface area contributed by atoms with Crippen LogP contribution >= 0.6 is 11.8 Å². The summed E-state index contributed by atoms with van der Waals surface area (Å²) in [5.74, 6) is 1.10. The number of methoxy groups -OCH3 is 1. The summed E-state index contributed by atoms with van der Waals surface area (Å²) in [5.41, 5.74) is 0.963. The van der Waals surface area contributed by atoms with Crippen molar-refractivity contribution in [2.24, 2.45) is 0 Å². The van der Waals surface area contributed by atoms with Crippen molar-refractivity contribution in [2.45, 2.75) is 32.1 Å². The molecule has 0 spiro atoms. The van der Waals surface area contributed by atoms with E-state index in [0.29, 0.717) is 18.2 Å². The number of aromatic nitrogens is 1. The highest BCUT2D eigenvalue weighted by Gasteiger charge is 2.13. The van der Waals surface area contributed by atoms with Crippen LogP contribution in [-0.2, 0) is 11.3 Å². The van der Waals surface area contributed by atoms with E-state index >= 15 is 0 Å². The van der Waals surface area contributed by atoms with Crippen molar-refractivity contribution in [3.05, 3.63) is 23.9 Å². The van der Waals surface area contributed by atoms with Crippen molar-refractivity contribution in [3.8, 4) is 5.88 Å². The van der Waals surface area contributed by atoms with E-state index in [-0.39, 0.29) is 10.7 Å². The Balaban J connectivity index is 2.33. The SMILES string of the molecule is COc1ccc(CNC(=O)CSC(C)(C)C)cn1. The van der Waals surface area contributed by atoms with E-state index in [9.17, 15) is 4.79 Å². The van der Waals surface area contributed by atoms with Crippen LogP contribution in [0.4, 0.5) is 0 Å². The summed E-state index contributed by atoms with van der Waals surface area (Å²) >= 11 is 1.64. The van der Waals surface area contributed by atoms with Gasteiger partial charge in [-0.3, -0.25) is 4.79 Å². The lowest BCUT2D eigenvalue weighted by Crippen LogP contribution is -2.26. The Kier molecular flexibility index (Phi) is 5.47. The topological polar surface area (TPSA) is 51.2 Å². The number of nitrogens with zero attached hydrogens (tertiary/aromatic N) is 1. The fourth-order valence-corrected chi connectivity index (χ4v) is 1.84. The Bertz CT molecular complexity index is 385. The maximum absolute atomic E-state index is 11.6. The molecule has 0 saturated carbocycles. The molecule has 0 aliphatic heterocycles. The molecule has 0 radical (unpaired) electrons. The van der Waals surface area contributed by atoms with Crippen LogP contribution in [0.3, 0.4) is 0 Å². The van der Waals surface area contributed by atoms with E-state index in [1.807, 2.05) is 6.07 Å². The van der Waals surface area contributed by atoms with E-state index in [0.717, 1.165) is 5.56 Å². The van der Waals surface area contributed by atoms with Gasteiger partial charge in [0.1, 0.15) is 0 Å². The first-order valence-corrected chi connectivity index (χ1v) is 6.79. The summed E-state index contributed by atoms with van der Waals surface area (Å²) in [5, 5.41) is 2.87. The molecule has 1 N–H and O–H groups in total. The van der Waals surface area contributed by atoms with E-state index in [4.69, 9.17) is 4.74 Å². The van der Waals surface area contributed by atoms with Crippen molar-refractivity contribution < 1.29 is 9.53 Å². The molecule has 1 rings (SSSR count). The predicted octanol–water partition coefficient (Wildman–Crippen LogP) is 2.24. The quantitative estimate of drug-likeness (QED) is 0.890. The highest BCUT2D eigenvalue weighted by atomic mass is 32.2. The first-order valence-electron chi connectivity index (χ1n) is 5.80. The van der Waals surface area contributed by atoms with Gasteiger partial charge in [-0.2, -0.15) is 0 Å². The minimum absolute atomic E-state index is 0.0470.